The summed E-state index contributed by atoms with van der Waals surface area (Å²) in [7, 11) is -3.45. The van der Waals surface area contributed by atoms with Gasteiger partial charge in [-0.05, 0) is 54.8 Å². The van der Waals surface area contributed by atoms with Crippen LogP contribution in [0.4, 0.5) is 0 Å². The molecule has 0 saturated carbocycles. The van der Waals surface area contributed by atoms with Crippen LogP contribution >= 0.6 is 0 Å². The minimum Gasteiger partial charge on any atom is -0.361 e. The molecule has 0 aliphatic rings. The summed E-state index contributed by atoms with van der Waals surface area (Å²) in [5.74, 6) is 0. The number of rotatable bonds is 7. The predicted molar refractivity (Wildman–Crippen MR) is 96.4 cm³/mol. The summed E-state index contributed by atoms with van der Waals surface area (Å²) >= 11 is 0. The first-order valence-corrected chi connectivity index (χ1v) is 9.42. The quantitative estimate of drug-likeness (QED) is 0.614. The fourth-order valence-corrected chi connectivity index (χ4v) is 3.81. The first-order chi connectivity index (χ1) is 11.6. The zero-order valence-corrected chi connectivity index (χ0v) is 14.1. The molecule has 3 rings (SSSR count). The smallest absolute Gasteiger partial charge is 0.240 e. The molecular formula is C18H21N3O2S. The second-order valence-corrected chi connectivity index (χ2v) is 7.46. The van der Waals surface area contributed by atoms with Gasteiger partial charge in [-0.3, -0.25) is 0 Å². The van der Waals surface area contributed by atoms with E-state index in [-0.39, 0.29) is 4.90 Å². The van der Waals surface area contributed by atoms with Gasteiger partial charge in [0.05, 0.1) is 4.90 Å². The average Bonchev–Trinajstić information content (AvgIpc) is 2.98. The van der Waals surface area contributed by atoms with Crippen LogP contribution in [0, 0.1) is 0 Å². The molecule has 24 heavy (non-hydrogen) atoms. The van der Waals surface area contributed by atoms with E-state index in [4.69, 9.17) is 5.73 Å². The Labute approximate surface area is 141 Å². The van der Waals surface area contributed by atoms with Crippen LogP contribution < -0.4 is 10.5 Å². The van der Waals surface area contributed by atoms with Gasteiger partial charge in [0.1, 0.15) is 0 Å². The molecule has 0 unspecified atom stereocenters. The van der Waals surface area contributed by atoms with Gasteiger partial charge in [0.25, 0.3) is 0 Å². The maximum Gasteiger partial charge on any atom is 0.240 e. The van der Waals surface area contributed by atoms with Crippen LogP contribution in [-0.4, -0.2) is 26.5 Å². The highest BCUT2D eigenvalue weighted by atomic mass is 32.2. The lowest BCUT2D eigenvalue weighted by molar-refractivity contribution is 0.581. The third kappa shape index (κ3) is 3.67. The number of nitrogens with one attached hydrogen (secondary N) is 2. The molecule has 1 heterocycles. The van der Waals surface area contributed by atoms with E-state index in [1.807, 2.05) is 18.3 Å². The lowest BCUT2D eigenvalue weighted by Crippen LogP contribution is -2.25. The van der Waals surface area contributed by atoms with Gasteiger partial charge in [0.2, 0.25) is 10.0 Å². The summed E-state index contributed by atoms with van der Waals surface area (Å²) in [5, 5.41) is 1.16. The van der Waals surface area contributed by atoms with Crippen LogP contribution in [0.1, 0.15) is 11.1 Å². The highest BCUT2D eigenvalue weighted by molar-refractivity contribution is 7.89. The van der Waals surface area contributed by atoms with Gasteiger partial charge in [0, 0.05) is 23.6 Å². The minimum atomic E-state index is -3.45. The molecule has 0 spiro atoms. The van der Waals surface area contributed by atoms with Crippen molar-refractivity contribution in [1.82, 2.24) is 9.71 Å². The van der Waals surface area contributed by atoms with Gasteiger partial charge in [-0.1, -0.05) is 24.3 Å². The molecule has 4 N–H and O–H groups in total. The summed E-state index contributed by atoms with van der Waals surface area (Å²) < 4.78 is 27.1. The summed E-state index contributed by atoms with van der Waals surface area (Å²) in [6, 6.07) is 14.6. The highest BCUT2D eigenvalue weighted by Crippen LogP contribution is 2.20. The molecular weight excluding hydrogens is 322 g/mol. The second-order valence-electron chi connectivity index (χ2n) is 5.69. The lowest BCUT2D eigenvalue weighted by Gasteiger charge is -2.07. The van der Waals surface area contributed by atoms with E-state index in [1.54, 1.807) is 30.3 Å². The van der Waals surface area contributed by atoms with Crippen molar-refractivity contribution in [2.24, 2.45) is 5.73 Å². The molecule has 0 amide bonds. The number of hydrogen-bond acceptors (Lipinski definition) is 3. The van der Waals surface area contributed by atoms with E-state index in [1.165, 1.54) is 5.56 Å². The van der Waals surface area contributed by atoms with E-state index >= 15 is 0 Å². The molecule has 0 aliphatic carbocycles. The van der Waals surface area contributed by atoms with Crippen molar-refractivity contribution in [1.29, 1.82) is 0 Å². The Morgan fingerprint density at radius 1 is 1.04 bits per heavy atom. The third-order valence-corrected chi connectivity index (χ3v) is 5.48. The van der Waals surface area contributed by atoms with Crippen molar-refractivity contribution in [3.05, 3.63) is 65.9 Å². The minimum absolute atomic E-state index is 0.288. The van der Waals surface area contributed by atoms with Crippen LogP contribution in [-0.2, 0) is 22.9 Å². The summed E-state index contributed by atoms with van der Waals surface area (Å²) in [5.41, 5.74) is 9.00. The monoisotopic (exact) mass is 343 g/mol. The van der Waals surface area contributed by atoms with Crippen molar-refractivity contribution < 1.29 is 8.42 Å². The number of nitrogens with two attached hydrogens (primary N) is 1. The molecule has 0 fully saturated rings. The van der Waals surface area contributed by atoms with Crippen LogP contribution in [0.15, 0.2) is 59.6 Å². The van der Waals surface area contributed by atoms with Crippen molar-refractivity contribution in [2.45, 2.75) is 17.7 Å². The zero-order chi connectivity index (χ0) is 17.0. The first kappa shape index (κ1) is 16.7. The van der Waals surface area contributed by atoms with Gasteiger partial charge in [0.15, 0.2) is 0 Å². The number of benzene rings is 2. The van der Waals surface area contributed by atoms with Crippen molar-refractivity contribution in [3.63, 3.8) is 0 Å². The number of aromatic nitrogens is 1. The van der Waals surface area contributed by atoms with E-state index in [2.05, 4.69) is 15.8 Å². The molecule has 2 aromatic carbocycles. The summed E-state index contributed by atoms with van der Waals surface area (Å²) in [6.45, 7) is 0.966. The van der Waals surface area contributed by atoms with E-state index in [0.29, 0.717) is 19.5 Å². The van der Waals surface area contributed by atoms with Crippen molar-refractivity contribution in [2.75, 3.05) is 13.1 Å². The second kappa shape index (κ2) is 7.17. The van der Waals surface area contributed by atoms with Crippen LogP contribution in [0.5, 0.6) is 0 Å². The fraction of sp³-hybridized carbons (Fsp3) is 0.222. The Bertz CT molecular complexity index is 918. The Kier molecular flexibility index (Phi) is 4.99. The molecule has 5 nitrogen and oxygen atoms in total. The average molecular weight is 343 g/mol. The van der Waals surface area contributed by atoms with E-state index < -0.39 is 10.0 Å². The lowest BCUT2D eigenvalue weighted by atomic mass is 10.1. The molecule has 0 aliphatic heterocycles. The largest absolute Gasteiger partial charge is 0.361 e. The Hall–Kier alpha value is -2.15. The van der Waals surface area contributed by atoms with Crippen molar-refractivity contribution >= 4 is 20.9 Å². The Morgan fingerprint density at radius 3 is 2.58 bits per heavy atom. The van der Waals surface area contributed by atoms with E-state index in [9.17, 15) is 8.42 Å². The molecule has 0 atom stereocenters. The van der Waals surface area contributed by atoms with Gasteiger partial charge >= 0.3 is 0 Å². The Morgan fingerprint density at radius 2 is 1.83 bits per heavy atom. The Balaban J connectivity index is 1.68. The standard InChI is InChI=1S/C18H21N3O2S/c19-10-8-15-13-20-18-7-6-14(12-17(15)18)9-11-21-24(22,23)16-4-2-1-3-5-16/h1-7,12-13,20-21H,8-11,19H2. The zero-order valence-electron chi connectivity index (χ0n) is 13.3. The topological polar surface area (TPSA) is 88.0 Å². The normalized spacial score (nSPS) is 11.9. The predicted octanol–water partition coefficient (Wildman–Crippen LogP) is 2.19. The van der Waals surface area contributed by atoms with Crippen LogP contribution in [0.25, 0.3) is 10.9 Å². The van der Waals surface area contributed by atoms with Crippen LogP contribution in [0.2, 0.25) is 0 Å². The summed E-state index contributed by atoms with van der Waals surface area (Å²) in [6.07, 6.45) is 3.44. The van der Waals surface area contributed by atoms with Gasteiger partial charge in [-0.2, -0.15) is 0 Å². The number of H-pyrrole nitrogens is 1. The van der Waals surface area contributed by atoms with E-state index in [0.717, 1.165) is 22.9 Å². The summed E-state index contributed by atoms with van der Waals surface area (Å²) in [4.78, 5) is 3.52. The highest BCUT2D eigenvalue weighted by Gasteiger charge is 2.12. The number of aromatic amines is 1. The fourth-order valence-electron chi connectivity index (χ4n) is 2.76. The van der Waals surface area contributed by atoms with Crippen LogP contribution in [0.3, 0.4) is 0 Å². The molecule has 126 valence electrons. The number of hydrogen-bond donors (Lipinski definition) is 3. The maximum absolute atomic E-state index is 12.2. The number of fused-ring (bicyclic) bond motifs is 1. The third-order valence-electron chi connectivity index (χ3n) is 4.00. The van der Waals surface area contributed by atoms with Gasteiger partial charge in [-0.15, -0.1) is 0 Å². The molecule has 1 aromatic heterocycles. The van der Waals surface area contributed by atoms with Gasteiger partial charge < -0.3 is 10.7 Å². The van der Waals surface area contributed by atoms with Crippen molar-refractivity contribution in [3.8, 4) is 0 Å². The molecule has 0 radical (unpaired) electrons. The van der Waals surface area contributed by atoms with Gasteiger partial charge in [-0.25, -0.2) is 13.1 Å². The molecule has 0 saturated heterocycles. The molecule has 0 bridgehead atoms. The SMILES string of the molecule is NCCc1c[nH]c2ccc(CCNS(=O)(=O)c3ccccc3)cc12. The molecule has 3 aromatic rings. The first-order valence-electron chi connectivity index (χ1n) is 7.94. The maximum atomic E-state index is 12.2. The number of sulfonamides is 1. The molecule has 6 heteroatoms.